The van der Waals surface area contributed by atoms with Crippen LogP contribution in [-0.2, 0) is 0 Å². The van der Waals surface area contributed by atoms with Crippen LogP contribution in [0.5, 0.6) is 5.75 Å². The molecule has 1 heterocycles. The van der Waals surface area contributed by atoms with E-state index in [0.29, 0.717) is 11.6 Å². The van der Waals surface area contributed by atoms with E-state index < -0.39 is 0 Å². The molecule has 0 fully saturated rings. The number of hydrogen-bond acceptors (Lipinski definition) is 3. The summed E-state index contributed by atoms with van der Waals surface area (Å²) in [5, 5.41) is 17.1. The molecule has 0 aliphatic heterocycles. The Morgan fingerprint density at radius 3 is 2.47 bits per heavy atom. The van der Waals surface area contributed by atoms with Gasteiger partial charge in [0.05, 0.1) is 5.69 Å². The van der Waals surface area contributed by atoms with Gasteiger partial charge in [-0.1, -0.05) is 19.9 Å². The summed E-state index contributed by atoms with van der Waals surface area (Å²) in [6.07, 6.45) is 3.14. The lowest BCUT2D eigenvalue weighted by atomic mass is 10.0. The highest BCUT2D eigenvalue weighted by Gasteiger charge is 2.06. The Morgan fingerprint density at radius 1 is 1.20 bits per heavy atom. The number of phenols is 1. The average Bonchev–Trinajstić information content (AvgIpc) is 2.71. The summed E-state index contributed by atoms with van der Waals surface area (Å²) in [7, 11) is 0. The van der Waals surface area contributed by atoms with E-state index >= 15 is 0 Å². The van der Waals surface area contributed by atoms with Crippen LogP contribution >= 0.6 is 0 Å². The molecule has 2 aromatic rings. The zero-order chi connectivity index (χ0) is 10.8. The maximum atomic E-state index is 9.71. The van der Waals surface area contributed by atoms with Crippen molar-refractivity contribution in [3.63, 3.8) is 0 Å². The van der Waals surface area contributed by atoms with Crippen molar-refractivity contribution in [3.8, 4) is 11.4 Å². The molecule has 0 saturated heterocycles. The van der Waals surface area contributed by atoms with E-state index in [1.165, 1.54) is 5.56 Å². The fourth-order valence-electron chi connectivity index (χ4n) is 1.43. The molecule has 1 aromatic carbocycles. The molecule has 0 amide bonds. The number of phenolic OH excluding ortho intramolecular Hbond substituents is 1. The number of hydrogen-bond donors (Lipinski definition) is 1. The van der Waals surface area contributed by atoms with Crippen LogP contribution in [0, 0.1) is 0 Å². The first-order chi connectivity index (χ1) is 7.18. The van der Waals surface area contributed by atoms with Crippen molar-refractivity contribution in [3.05, 3.63) is 36.4 Å². The maximum absolute atomic E-state index is 9.71. The predicted octanol–water partition coefficient (Wildman–Crippen LogP) is 2.10. The van der Waals surface area contributed by atoms with Crippen LogP contribution < -0.4 is 0 Å². The summed E-state index contributed by atoms with van der Waals surface area (Å²) in [5.74, 6) is 0.667. The summed E-state index contributed by atoms with van der Waals surface area (Å²) >= 11 is 0. The van der Waals surface area contributed by atoms with Crippen LogP contribution in [0.1, 0.15) is 25.3 Å². The van der Waals surface area contributed by atoms with Crippen molar-refractivity contribution in [2.45, 2.75) is 19.8 Å². The predicted molar refractivity (Wildman–Crippen MR) is 57.1 cm³/mol. The Hall–Kier alpha value is -1.84. The van der Waals surface area contributed by atoms with E-state index in [4.69, 9.17) is 0 Å². The zero-order valence-electron chi connectivity index (χ0n) is 8.75. The van der Waals surface area contributed by atoms with E-state index in [2.05, 4.69) is 24.0 Å². The standard InChI is InChI=1S/C11H13N3O/c1-8(2)9-3-4-11(15)10(5-9)14-6-12-13-7-14/h3-8,15H,1-2H3. The summed E-state index contributed by atoms with van der Waals surface area (Å²) in [6.45, 7) is 4.23. The lowest BCUT2D eigenvalue weighted by molar-refractivity contribution is 0.472. The second-order valence-electron chi connectivity index (χ2n) is 3.77. The third kappa shape index (κ3) is 1.83. The van der Waals surface area contributed by atoms with Crippen molar-refractivity contribution in [2.75, 3.05) is 0 Å². The van der Waals surface area contributed by atoms with Crippen LogP contribution in [0.15, 0.2) is 30.9 Å². The third-order valence-electron chi connectivity index (χ3n) is 2.36. The molecule has 0 aliphatic carbocycles. The molecule has 4 heteroatoms. The van der Waals surface area contributed by atoms with Crippen molar-refractivity contribution in [2.24, 2.45) is 0 Å². The van der Waals surface area contributed by atoms with Crippen molar-refractivity contribution < 1.29 is 5.11 Å². The van der Waals surface area contributed by atoms with Crippen LogP contribution in [-0.4, -0.2) is 19.9 Å². The molecule has 0 radical (unpaired) electrons. The molecule has 0 aliphatic rings. The highest BCUT2D eigenvalue weighted by Crippen LogP contribution is 2.25. The van der Waals surface area contributed by atoms with Gasteiger partial charge in [-0.25, -0.2) is 0 Å². The summed E-state index contributed by atoms with van der Waals surface area (Å²) in [6, 6.07) is 5.57. The Kier molecular flexibility index (Phi) is 2.41. The van der Waals surface area contributed by atoms with Gasteiger partial charge in [0.15, 0.2) is 0 Å². The summed E-state index contributed by atoms with van der Waals surface area (Å²) in [5.41, 5.74) is 1.89. The van der Waals surface area contributed by atoms with Gasteiger partial charge in [0.1, 0.15) is 18.4 Å². The van der Waals surface area contributed by atoms with E-state index in [0.717, 1.165) is 0 Å². The van der Waals surface area contributed by atoms with Gasteiger partial charge >= 0.3 is 0 Å². The molecule has 15 heavy (non-hydrogen) atoms. The number of rotatable bonds is 2. The second-order valence-corrected chi connectivity index (χ2v) is 3.77. The largest absolute Gasteiger partial charge is 0.506 e. The molecule has 78 valence electrons. The minimum atomic E-state index is 0.235. The van der Waals surface area contributed by atoms with E-state index in [1.807, 2.05) is 12.1 Å². The molecule has 4 nitrogen and oxygen atoms in total. The highest BCUT2D eigenvalue weighted by molar-refractivity contribution is 5.48. The Bertz CT molecular complexity index is 449. The topological polar surface area (TPSA) is 50.9 Å². The quantitative estimate of drug-likeness (QED) is 0.813. The van der Waals surface area contributed by atoms with Gasteiger partial charge in [0, 0.05) is 0 Å². The fraction of sp³-hybridized carbons (Fsp3) is 0.273. The van der Waals surface area contributed by atoms with Gasteiger partial charge in [0.25, 0.3) is 0 Å². The molecular formula is C11H13N3O. The molecule has 0 atom stereocenters. The number of benzene rings is 1. The highest BCUT2D eigenvalue weighted by atomic mass is 16.3. The van der Waals surface area contributed by atoms with Gasteiger partial charge in [-0.15, -0.1) is 10.2 Å². The SMILES string of the molecule is CC(C)c1ccc(O)c(-n2cnnc2)c1. The fourth-order valence-corrected chi connectivity index (χ4v) is 1.43. The lowest BCUT2D eigenvalue weighted by Gasteiger charge is -2.09. The van der Waals surface area contributed by atoms with Gasteiger partial charge in [-0.2, -0.15) is 0 Å². The Morgan fingerprint density at radius 2 is 1.87 bits per heavy atom. The van der Waals surface area contributed by atoms with Crippen molar-refractivity contribution in [1.82, 2.24) is 14.8 Å². The van der Waals surface area contributed by atoms with Crippen LogP contribution in [0.3, 0.4) is 0 Å². The zero-order valence-corrected chi connectivity index (χ0v) is 8.75. The van der Waals surface area contributed by atoms with Crippen LogP contribution in [0.25, 0.3) is 5.69 Å². The van der Waals surface area contributed by atoms with Crippen molar-refractivity contribution >= 4 is 0 Å². The maximum Gasteiger partial charge on any atom is 0.139 e. The minimum Gasteiger partial charge on any atom is -0.506 e. The van der Waals surface area contributed by atoms with E-state index in [1.54, 1.807) is 23.3 Å². The summed E-state index contributed by atoms with van der Waals surface area (Å²) < 4.78 is 1.70. The molecule has 0 spiro atoms. The first-order valence-corrected chi connectivity index (χ1v) is 4.86. The molecule has 2 rings (SSSR count). The van der Waals surface area contributed by atoms with Crippen LogP contribution in [0.2, 0.25) is 0 Å². The molecule has 0 bridgehead atoms. The Balaban J connectivity index is 2.51. The van der Waals surface area contributed by atoms with Gasteiger partial charge in [-0.3, -0.25) is 4.57 Å². The monoisotopic (exact) mass is 203 g/mol. The Labute approximate surface area is 88.2 Å². The number of nitrogens with zero attached hydrogens (tertiary/aromatic N) is 3. The van der Waals surface area contributed by atoms with Crippen molar-refractivity contribution in [1.29, 1.82) is 0 Å². The normalized spacial score (nSPS) is 10.9. The summed E-state index contributed by atoms with van der Waals surface area (Å²) in [4.78, 5) is 0. The molecular weight excluding hydrogens is 190 g/mol. The third-order valence-corrected chi connectivity index (χ3v) is 2.36. The second kappa shape index (κ2) is 3.73. The first kappa shape index (κ1) is 9.71. The number of aromatic hydroxyl groups is 1. The molecule has 1 N–H and O–H groups in total. The minimum absolute atomic E-state index is 0.235. The van der Waals surface area contributed by atoms with E-state index in [9.17, 15) is 5.11 Å². The smallest absolute Gasteiger partial charge is 0.139 e. The van der Waals surface area contributed by atoms with Gasteiger partial charge < -0.3 is 5.11 Å². The molecule has 1 aromatic heterocycles. The first-order valence-electron chi connectivity index (χ1n) is 4.86. The van der Waals surface area contributed by atoms with Gasteiger partial charge in [-0.05, 0) is 23.6 Å². The lowest BCUT2D eigenvalue weighted by Crippen LogP contribution is -1.94. The molecule has 0 unspecified atom stereocenters. The van der Waals surface area contributed by atoms with E-state index in [-0.39, 0.29) is 5.75 Å². The average molecular weight is 203 g/mol. The van der Waals surface area contributed by atoms with Gasteiger partial charge in [0.2, 0.25) is 0 Å². The van der Waals surface area contributed by atoms with Crippen LogP contribution in [0.4, 0.5) is 0 Å². The molecule has 0 saturated carbocycles. The number of aromatic nitrogens is 3.